The molecule has 0 saturated heterocycles. The molecule has 0 fully saturated rings. The average molecular weight is 354 g/mol. The highest BCUT2D eigenvalue weighted by atomic mass is 79.9. The molecule has 6 nitrogen and oxygen atoms in total. The maximum absolute atomic E-state index is 11.7. The molecule has 0 radical (unpaired) electrons. The number of hydrogen-bond acceptors (Lipinski definition) is 3. The maximum atomic E-state index is 11.7. The number of nitrogens with one attached hydrogen (secondary N) is 1. The van der Waals surface area contributed by atoms with E-state index < -0.39 is 0 Å². The Kier molecular flexibility index (Phi) is 5.55. The second kappa shape index (κ2) is 7.40. The zero-order valence-corrected chi connectivity index (χ0v) is 13.9. The molecule has 0 bridgehead atoms. The van der Waals surface area contributed by atoms with Crippen LogP contribution in [0.5, 0.6) is 0 Å². The van der Waals surface area contributed by atoms with E-state index in [1.54, 1.807) is 4.68 Å². The fraction of sp³-hybridized carbons (Fsp3) is 0.500. The fourth-order valence-electron chi connectivity index (χ4n) is 1.97. The van der Waals surface area contributed by atoms with Crippen molar-refractivity contribution in [2.45, 2.75) is 39.8 Å². The van der Waals surface area contributed by atoms with Gasteiger partial charge in [-0.15, -0.1) is 0 Å². The van der Waals surface area contributed by atoms with Gasteiger partial charge in [-0.2, -0.15) is 10.2 Å². The summed E-state index contributed by atoms with van der Waals surface area (Å²) >= 11 is 3.41. The van der Waals surface area contributed by atoms with Crippen LogP contribution in [0, 0.1) is 13.8 Å². The summed E-state index contributed by atoms with van der Waals surface area (Å²) in [5.41, 5.74) is 1.95. The highest BCUT2D eigenvalue weighted by Crippen LogP contribution is 2.13. The van der Waals surface area contributed by atoms with E-state index in [1.165, 1.54) is 0 Å². The normalized spacial score (nSPS) is 10.8. The fourth-order valence-corrected chi connectivity index (χ4v) is 2.28. The molecular weight excluding hydrogens is 334 g/mol. The molecule has 0 aliphatic heterocycles. The molecular formula is C14H20BrN5O. The predicted octanol–water partition coefficient (Wildman–Crippen LogP) is 2.06. The third kappa shape index (κ3) is 5.00. The molecule has 0 saturated carbocycles. The predicted molar refractivity (Wildman–Crippen MR) is 83.9 cm³/mol. The molecule has 0 aliphatic carbocycles. The van der Waals surface area contributed by atoms with E-state index in [4.69, 9.17) is 0 Å². The van der Waals surface area contributed by atoms with Crippen molar-refractivity contribution >= 4 is 21.8 Å². The molecule has 0 aliphatic rings. The van der Waals surface area contributed by atoms with Gasteiger partial charge < -0.3 is 5.32 Å². The SMILES string of the molecule is Cc1ccn(CCCNC(=O)CCn2cc(Br)c(C)n2)n1. The van der Waals surface area contributed by atoms with Crippen LogP contribution in [-0.2, 0) is 17.9 Å². The van der Waals surface area contributed by atoms with E-state index in [2.05, 4.69) is 31.4 Å². The van der Waals surface area contributed by atoms with E-state index in [9.17, 15) is 4.79 Å². The molecule has 2 rings (SSSR count). The third-order valence-corrected chi connectivity index (χ3v) is 3.89. The first-order valence-corrected chi connectivity index (χ1v) is 7.80. The summed E-state index contributed by atoms with van der Waals surface area (Å²) in [4.78, 5) is 11.7. The van der Waals surface area contributed by atoms with Crippen LogP contribution in [0.15, 0.2) is 22.9 Å². The van der Waals surface area contributed by atoms with Gasteiger partial charge >= 0.3 is 0 Å². The van der Waals surface area contributed by atoms with Crippen LogP contribution in [-0.4, -0.2) is 32.0 Å². The Balaban J connectivity index is 1.61. The minimum atomic E-state index is 0.0518. The van der Waals surface area contributed by atoms with Crippen LogP contribution in [0.2, 0.25) is 0 Å². The Hall–Kier alpha value is -1.63. The van der Waals surface area contributed by atoms with Crippen LogP contribution < -0.4 is 5.32 Å². The average Bonchev–Trinajstić information content (AvgIpc) is 2.99. The van der Waals surface area contributed by atoms with E-state index >= 15 is 0 Å². The molecule has 2 heterocycles. The lowest BCUT2D eigenvalue weighted by molar-refractivity contribution is -0.121. The molecule has 21 heavy (non-hydrogen) atoms. The lowest BCUT2D eigenvalue weighted by atomic mass is 10.3. The van der Waals surface area contributed by atoms with E-state index in [1.807, 2.05) is 37.0 Å². The number of amides is 1. The summed E-state index contributed by atoms with van der Waals surface area (Å²) in [6, 6.07) is 1.97. The van der Waals surface area contributed by atoms with Gasteiger partial charge in [0.05, 0.1) is 15.9 Å². The Morgan fingerprint density at radius 1 is 1.29 bits per heavy atom. The molecule has 2 aromatic rings. The van der Waals surface area contributed by atoms with Crippen molar-refractivity contribution in [2.24, 2.45) is 0 Å². The summed E-state index contributed by atoms with van der Waals surface area (Å²) in [5, 5.41) is 11.5. The van der Waals surface area contributed by atoms with Crippen LogP contribution in [0.3, 0.4) is 0 Å². The summed E-state index contributed by atoms with van der Waals surface area (Å²) < 4.78 is 4.65. The van der Waals surface area contributed by atoms with Crippen molar-refractivity contribution in [3.05, 3.63) is 34.3 Å². The van der Waals surface area contributed by atoms with Gasteiger partial charge in [0.1, 0.15) is 0 Å². The molecule has 2 aromatic heterocycles. The van der Waals surface area contributed by atoms with Crippen LogP contribution >= 0.6 is 15.9 Å². The van der Waals surface area contributed by atoms with Crippen LogP contribution in [0.1, 0.15) is 24.2 Å². The van der Waals surface area contributed by atoms with Crippen molar-refractivity contribution in [1.82, 2.24) is 24.9 Å². The molecule has 7 heteroatoms. The number of aryl methyl sites for hydroxylation is 4. The number of carbonyl (C=O) groups is 1. The van der Waals surface area contributed by atoms with E-state index in [0.717, 1.165) is 28.8 Å². The topological polar surface area (TPSA) is 64.7 Å². The highest BCUT2D eigenvalue weighted by Gasteiger charge is 2.05. The largest absolute Gasteiger partial charge is 0.356 e. The number of carbonyl (C=O) groups excluding carboxylic acids is 1. The second-order valence-corrected chi connectivity index (χ2v) is 5.85. The maximum Gasteiger partial charge on any atom is 0.221 e. The van der Waals surface area contributed by atoms with Crippen molar-refractivity contribution in [1.29, 1.82) is 0 Å². The zero-order chi connectivity index (χ0) is 15.2. The smallest absolute Gasteiger partial charge is 0.221 e. The van der Waals surface area contributed by atoms with Crippen molar-refractivity contribution < 1.29 is 4.79 Å². The summed E-state index contributed by atoms with van der Waals surface area (Å²) in [6.07, 6.45) is 5.16. The Morgan fingerprint density at radius 3 is 2.71 bits per heavy atom. The first-order chi connectivity index (χ1) is 10.0. The molecule has 0 spiro atoms. The van der Waals surface area contributed by atoms with Gasteiger partial charge in [0.25, 0.3) is 0 Å². The van der Waals surface area contributed by atoms with Crippen LogP contribution in [0.4, 0.5) is 0 Å². The first kappa shape index (κ1) is 15.8. The molecule has 1 amide bonds. The van der Waals surface area contributed by atoms with Crippen molar-refractivity contribution in [2.75, 3.05) is 6.54 Å². The number of hydrogen-bond donors (Lipinski definition) is 1. The van der Waals surface area contributed by atoms with Gasteiger partial charge in [0, 0.05) is 38.4 Å². The lowest BCUT2D eigenvalue weighted by Crippen LogP contribution is -2.26. The highest BCUT2D eigenvalue weighted by molar-refractivity contribution is 9.10. The zero-order valence-electron chi connectivity index (χ0n) is 12.3. The number of aromatic nitrogens is 4. The Bertz CT molecular complexity index is 585. The standard InChI is InChI=1S/C14H20BrN5O/c1-11-4-8-19(17-11)7-3-6-16-14(21)5-9-20-10-13(15)12(2)18-20/h4,8,10H,3,5-7,9H2,1-2H3,(H,16,21). The van der Waals surface area contributed by atoms with E-state index in [-0.39, 0.29) is 5.91 Å². The number of nitrogens with zero attached hydrogens (tertiary/aromatic N) is 4. The number of halogens is 1. The molecule has 0 atom stereocenters. The summed E-state index contributed by atoms with van der Waals surface area (Å²) in [6.45, 7) is 5.97. The van der Waals surface area contributed by atoms with Crippen molar-refractivity contribution in [3.8, 4) is 0 Å². The lowest BCUT2D eigenvalue weighted by Gasteiger charge is -2.05. The number of rotatable bonds is 7. The van der Waals surface area contributed by atoms with Gasteiger partial charge in [-0.25, -0.2) is 0 Å². The Labute approximate surface area is 132 Å². The second-order valence-electron chi connectivity index (χ2n) is 5.00. The minimum absolute atomic E-state index is 0.0518. The van der Waals surface area contributed by atoms with E-state index in [0.29, 0.717) is 19.5 Å². The van der Waals surface area contributed by atoms with Gasteiger partial charge in [0.15, 0.2) is 0 Å². The molecule has 1 N–H and O–H groups in total. The van der Waals surface area contributed by atoms with Crippen LogP contribution in [0.25, 0.3) is 0 Å². The Morgan fingerprint density at radius 2 is 2.10 bits per heavy atom. The van der Waals surface area contributed by atoms with Gasteiger partial charge in [0.2, 0.25) is 5.91 Å². The monoisotopic (exact) mass is 353 g/mol. The molecule has 0 aromatic carbocycles. The van der Waals surface area contributed by atoms with Gasteiger partial charge in [-0.05, 0) is 42.3 Å². The van der Waals surface area contributed by atoms with Gasteiger partial charge in [-0.3, -0.25) is 14.2 Å². The quantitative estimate of drug-likeness (QED) is 0.774. The molecule has 114 valence electrons. The third-order valence-electron chi connectivity index (χ3n) is 3.11. The first-order valence-electron chi connectivity index (χ1n) is 7.01. The summed E-state index contributed by atoms with van der Waals surface area (Å²) in [5.74, 6) is 0.0518. The van der Waals surface area contributed by atoms with Crippen molar-refractivity contribution in [3.63, 3.8) is 0 Å². The van der Waals surface area contributed by atoms with Gasteiger partial charge in [-0.1, -0.05) is 0 Å². The minimum Gasteiger partial charge on any atom is -0.356 e. The molecule has 0 unspecified atom stereocenters. The summed E-state index contributed by atoms with van der Waals surface area (Å²) in [7, 11) is 0.